The maximum Gasteiger partial charge on any atom is 0.251 e. The molecule has 0 heterocycles. The van der Waals surface area contributed by atoms with Gasteiger partial charge in [0.25, 0.3) is 5.91 Å². The van der Waals surface area contributed by atoms with E-state index in [0.717, 1.165) is 11.3 Å². The minimum absolute atomic E-state index is 0.224. The smallest absolute Gasteiger partial charge is 0.251 e. The van der Waals surface area contributed by atoms with Gasteiger partial charge >= 0.3 is 0 Å². The molecule has 0 aromatic heterocycles. The highest BCUT2D eigenvalue weighted by Gasteiger charge is 2.19. The number of rotatable bonds is 7. The molecule has 0 fully saturated rings. The van der Waals surface area contributed by atoms with Gasteiger partial charge in [-0.15, -0.1) is 0 Å². The van der Waals surface area contributed by atoms with Gasteiger partial charge in [-0.25, -0.2) is 8.42 Å². The van der Waals surface area contributed by atoms with Gasteiger partial charge in [-0.1, -0.05) is 18.2 Å². The molecule has 1 N–H and O–H groups in total. The van der Waals surface area contributed by atoms with Crippen molar-refractivity contribution in [3.05, 3.63) is 59.7 Å². The maximum atomic E-state index is 12.1. The summed E-state index contributed by atoms with van der Waals surface area (Å²) in [4.78, 5) is 12.3. The monoisotopic (exact) mass is 361 g/mol. The number of hydrogen-bond acceptors (Lipinski definition) is 4. The van der Waals surface area contributed by atoms with Crippen LogP contribution in [0.2, 0.25) is 0 Å². The fourth-order valence-electron chi connectivity index (χ4n) is 2.21. The van der Waals surface area contributed by atoms with Gasteiger partial charge in [-0.05, 0) is 56.7 Å². The standard InChI is InChI=1S/C19H23NO4S/c1-14(2)25(22,23)17-10-8-16(9-11-17)19(21)20-12-13-24-18-7-5-4-6-15(18)3/h4-11,14H,12-13H2,1-3H3,(H,20,21). The summed E-state index contributed by atoms with van der Waals surface area (Å²) < 4.78 is 29.8. The molecule has 0 bridgehead atoms. The van der Waals surface area contributed by atoms with Gasteiger partial charge in [0.1, 0.15) is 12.4 Å². The number of sulfone groups is 1. The first kappa shape index (κ1) is 19.0. The Hall–Kier alpha value is -2.34. The van der Waals surface area contributed by atoms with Crippen LogP contribution in [0.15, 0.2) is 53.4 Å². The Morgan fingerprint density at radius 1 is 1.08 bits per heavy atom. The van der Waals surface area contributed by atoms with E-state index in [2.05, 4.69) is 5.32 Å². The van der Waals surface area contributed by atoms with Gasteiger partial charge < -0.3 is 10.1 Å². The summed E-state index contributed by atoms with van der Waals surface area (Å²) in [5, 5.41) is 2.26. The average molecular weight is 361 g/mol. The van der Waals surface area contributed by atoms with Gasteiger partial charge in [-0.2, -0.15) is 0 Å². The number of carbonyl (C=O) groups is 1. The first-order chi connectivity index (χ1) is 11.8. The fourth-order valence-corrected chi connectivity index (χ4v) is 3.27. The van der Waals surface area contributed by atoms with Crippen molar-refractivity contribution in [1.82, 2.24) is 5.32 Å². The Balaban J connectivity index is 1.88. The Kier molecular flexibility index (Phi) is 6.20. The second kappa shape index (κ2) is 8.16. The van der Waals surface area contributed by atoms with E-state index in [0.29, 0.717) is 18.7 Å². The van der Waals surface area contributed by atoms with Gasteiger partial charge in [0.15, 0.2) is 9.84 Å². The second-order valence-corrected chi connectivity index (χ2v) is 8.49. The molecule has 25 heavy (non-hydrogen) atoms. The summed E-state index contributed by atoms with van der Waals surface area (Å²) in [6.45, 7) is 5.94. The highest BCUT2D eigenvalue weighted by atomic mass is 32.2. The Labute approximate surface area is 148 Å². The summed E-state index contributed by atoms with van der Waals surface area (Å²) in [7, 11) is -3.33. The molecule has 2 rings (SSSR count). The summed E-state index contributed by atoms with van der Waals surface area (Å²) in [6.07, 6.45) is 0. The van der Waals surface area contributed by atoms with Crippen LogP contribution in [0.25, 0.3) is 0 Å². The van der Waals surface area contributed by atoms with Gasteiger partial charge in [-0.3, -0.25) is 4.79 Å². The molecular weight excluding hydrogens is 338 g/mol. The number of para-hydroxylation sites is 1. The molecule has 0 aliphatic carbocycles. The predicted octanol–water partition coefficient (Wildman–Crippen LogP) is 2.99. The topological polar surface area (TPSA) is 72.5 Å². The third-order valence-corrected chi connectivity index (χ3v) is 5.97. The molecule has 2 aromatic carbocycles. The predicted molar refractivity (Wildman–Crippen MR) is 97.8 cm³/mol. The fraction of sp³-hybridized carbons (Fsp3) is 0.316. The van der Waals surface area contributed by atoms with Crippen molar-refractivity contribution >= 4 is 15.7 Å². The lowest BCUT2D eigenvalue weighted by Gasteiger charge is -2.10. The van der Waals surface area contributed by atoms with E-state index in [9.17, 15) is 13.2 Å². The highest BCUT2D eigenvalue weighted by Crippen LogP contribution is 2.17. The van der Waals surface area contributed by atoms with E-state index in [1.54, 1.807) is 13.8 Å². The largest absolute Gasteiger partial charge is 0.491 e. The first-order valence-corrected chi connectivity index (χ1v) is 9.67. The normalized spacial score (nSPS) is 11.4. The molecule has 0 saturated heterocycles. The van der Waals surface area contributed by atoms with Crippen molar-refractivity contribution in [1.29, 1.82) is 0 Å². The van der Waals surface area contributed by atoms with E-state index < -0.39 is 15.1 Å². The van der Waals surface area contributed by atoms with Crippen LogP contribution in [0.1, 0.15) is 29.8 Å². The molecular formula is C19H23NO4S. The lowest BCUT2D eigenvalue weighted by atomic mass is 10.2. The van der Waals surface area contributed by atoms with Crippen LogP contribution < -0.4 is 10.1 Å². The van der Waals surface area contributed by atoms with Gasteiger partial charge in [0, 0.05) is 5.56 Å². The van der Waals surface area contributed by atoms with Crippen molar-refractivity contribution < 1.29 is 17.9 Å². The maximum absolute atomic E-state index is 12.1. The third-order valence-electron chi connectivity index (χ3n) is 3.80. The summed E-state index contributed by atoms with van der Waals surface area (Å²) in [6, 6.07) is 13.6. The molecule has 0 atom stereocenters. The molecule has 0 unspecified atom stereocenters. The molecule has 0 radical (unpaired) electrons. The molecule has 1 amide bonds. The summed E-state index contributed by atoms with van der Waals surface area (Å²) >= 11 is 0. The Morgan fingerprint density at radius 2 is 1.72 bits per heavy atom. The van der Waals surface area contributed by atoms with Crippen molar-refractivity contribution in [3.63, 3.8) is 0 Å². The zero-order valence-electron chi connectivity index (χ0n) is 14.7. The van der Waals surface area contributed by atoms with Crippen LogP contribution in [-0.4, -0.2) is 32.7 Å². The van der Waals surface area contributed by atoms with Crippen LogP contribution in [0.5, 0.6) is 5.75 Å². The Morgan fingerprint density at radius 3 is 2.32 bits per heavy atom. The van der Waals surface area contributed by atoms with Crippen LogP contribution in [-0.2, 0) is 9.84 Å². The quantitative estimate of drug-likeness (QED) is 0.770. The molecule has 0 saturated carbocycles. The molecule has 6 heteroatoms. The lowest BCUT2D eigenvalue weighted by molar-refractivity contribution is 0.0947. The minimum Gasteiger partial charge on any atom is -0.491 e. The number of benzene rings is 2. The Bertz CT molecular complexity index is 827. The van der Waals surface area contributed by atoms with E-state index in [1.165, 1.54) is 24.3 Å². The van der Waals surface area contributed by atoms with Gasteiger partial charge in [0.05, 0.1) is 16.7 Å². The van der Waals surface area contributed by atoms with Gasteiger partial charge in [0.2, 0.25) is 0 Å². The first-order valence-electron chi connectivity index (χ1n) is 8.13. The number of hydrogen-bond donors (Lipinski definition) is 1. The molecule has 0 spiro atoms. The number of aryl methyl sites for hydroxylation is 1. The van der Waals surface area contributed by atoms with Crippen LogP contribution in [0, 0.1) is 6.92 Å². The molecule has 0 aliphatic rings. The minimum atomic E-state index is -3.33. The van der Waals surface area contributed by atoms with Crippen molar-refractivity contribution in [2.75, 3.05) is 13.2 Å². The summed E-state index contributed by atoms with van der Waals surface area (Å²) in [5.41, 5.74) is 1.45. The number of carbonyl (C=O) groups excluding carboxylic acids is 1. The average Bonchev–Trinajstić information content (AvgIpc) is 2.60. The van der Waals surface area contributed by atoms with Crippen LogP contribution in [0.3, 0.4) is 0 Å². The summed E-state index contributed by atoms with van der Waals surface area (Å²) in [5.74, 6) is 0.530. The molecule has 0 aliphatic heterocycles. The molecule has 5 nitrogen and oxygen atoms in total. The van der Waals surface area contributed by atoms with Crippen LogP contribution >= 0.6 is 0 Å². The van der Waals surface area contributed by atoms with Crippen LogP contribution in [0.4, 0.5) is 0 Å². The zero-order valence-corrected chi connectivity index (χ0v) is 15.5. The van der Waals surface area contributed by atoms with E-state index >= 15 is 0 Å². The van der Waals surface area contributed by atoms with Crippen molar-refractivity contribution in [2.45, 2.75) is 30.9 Å². The van der Waals surface area contributed by atoms with E-state index in [4.69, 9.17) is 4.74 Å². The molecule has 2 aromatic rings. The lowest BCUT2D eigenvalue weighted by Crippen LogP contribution is -2.28. The number of nitrogens with one attached hydrogen (secondary N) is 1. The van der Waals surface area contributed by atoms with Crippen molar-refractivity contribution in [2.24, 2.45) is 0 Å². The molecule has 134 valence electrons. The van der Waals surface area contributed by atoms with E-state index in [1.807, 2.05) is 31.2 Å². The number of amides is 1. The second-order valence-electron chi connectivity index (χ2n) is 5.99. The van der Waals surface area contributed by atoms with Crippen molar-refractivity contribution in [3.8, 4) is 5.75 Å². The SMILES string of the molecule is Cc1ccccc1OCCNC(=O)c1ccc(S(=O)(=O)C(C)C)cc1. The third kappa shape index (κ3) is 4.82. The highest BCUT2D eigenvalue weighted by molar-refractivity contribution is 7.92. The zero-order chi connectivity index (χ0) is 18.4. The number of ether oxygens (including phenoxy) is 1. The van der Waals surface area contributed by atoms with E-state index in [-0.39, 0.29) is 10.8 Å².